The third kappa shape index (κ3) is 1.85. The Balaban J connectivity index is 2.28. The van der Waals surface area contributed by atoms with Crippen LogP contribution in [0.15, 0.2) is 22.7 Å². The van der Waals surface area contributed by atoms with Crippen LogP contribution < -0.4 is 0 Å². The quantitative estimate of drug-likeness (QED) is 0.885. The van der Waals surface area contributed by atoms with E-state index in [9.17, 15) is 5.11 Å². The maximum Gasteiger partial charge on any atom is 0.0932 e. The second kappa shape index (κ2) is 3.91. The summed E-state index contributed by atoms with van der Waals surface area (Å²) in [6.45, 7) is 4.24. The van der Waals surface area contributed by atoms with Crippen LogP contribution in [0, 0.1) is 12.8 Å². The number of aliphatic hydroxyl groups is 1. The van der Waals surface area contributed by atoms with Gasteiger partial charge >= 0.3 is 0 Å². The zero-order chi connectivity index (χ0) is 11.1. The second-order valence-electron chi connectivity index (χ2n) is 4.53. The highest BCUT2D eigenvalue weighted by molar-refractivity contribution is 9.10. The maximum atomic E-state index is 10.5. The zero-order valence-electron chi connectivity index (χ0n) is 9.26. The molecule has 1 aromatic carbocycles. The monoisotopic (exact) mass is 268 g/mol. The van der Waals surface area contributed by atoms with E-state index in [1.54, 1.807) is 0 Å². The maximum absolute atomic E-state index is 10.5. The lowest BCUT2D eigenvalue weighted by Gasteiger charge is -2.15. The molecule has 0 aliphatic heterocycles. The van der Waals surface area contributed by atoms with Crippen molar-refractivity contribution in [1.29, 1.82) is 0 Å². The van der Waals surface area contributed by atoms with Gasteiger partial charge in [0.25, 0.3) is 0 Å². The van der Waals surface area contributed by atoms with Crippen molar-refractivity contribution in [3.63, 3.8) is 0 Å². The van der Waals surface area contributed by atoms with Crippen LogP contribution in [0.25, 0.3) is 0 Å². The second-order valence-corrected chi connectivity index (χ2v) is 5.38. The number of hydrogen-bond donors (Lipinski definition) is 1. The molecule has 0 saturated heterocycles. The van der Waals surface area contributed by atoms with Crippen molar-refractivity contribution < 1.29 is 5.11 Å². The summed E-state index contributed by atoms with van der Waals surface area (Å²) in [5.74, 6) is 0.468. The van der Waals surface area contributed by atoms with Gasteiger partial charge in [-0.3, -0.25) is 0 Å². The molecule has 1 aliphatic rings. The van der Waals surface area contributed by atoms with Crippen molar-refractivity contribution in [1.82, 2.24) is 0 Å². The minimum Gasteiger partial charge on any atom is -0.385 e. The van der Waals surface area contributed by atoms with Gasteiger partial charge in [-0.25, -0.2) is 0 Å². The molecule has 1 fully saturated rings. The lowest BCUT2D eigenvalue weighted by molar-refractivity contribution is 0.128. The first kappa shape index (κ1) is 11.2. The fraction of sp³-hybridized carbons (Fsp3) is 0.538. The molecule has 0 spiro atoms. The molecular formula is C13H17BrO. The van der Waals surface area contributed by atoms with Gasteiger partial charge in [0.15, 0.2) is 0 Å². The third-order valence-electron chi connectivity index (χ3n) is 3.44. The highest BCUT2D eigenvalue weighted by atomic mass is 79.9. The summed E-state index contributed by atoms with van der Waals surface area (Å²) in [7, 11) is 0. The molecule has 1 saturated carbocycles. The van der Waals surface area contributed by atoms with Crippen LogP contribution in [0.4, 0.5) is 0 Å². The fourth-order valence-corrected chi connectivity index (χ4v) is 2.78. The molecule has 15 heavy (non-hydrogen) atoms. The van der Waals surface area contributed by atoms with Gasteiger partial charge in [-0.05, 0) is 42.9 Å². The molecule has 2 rings (SSSR count). The van der Waals surface area contributed by atoms with E-state index in [0.717, 1.165) is 29.3 Å². The van der Waals surface area contributed by atoms with E-state index in [0.29, 0.717) is 5.92 Å². The molecule has 2 unspecified atom stereocenters. The lowest BCUT2D eigenvalue weighted by Crippen LogP contribution is -2.10. The first-order valence-corrected chi connectivity index (χ1v) is 6.37. The van der Waals surface area contributed by atoms with Gasteiger partial charge in [0.1, 0.15) is 0 Å². The Morgan fingerprint density at radius 3 is 2.93 bits per heavy atom. The Labute approximate surface area is 99.6 Å². The van der Waals surface area contributed by atoms with Gasteiger partial charge in [0, 0.05) is 4.47 Å². The van der Waals surface area contributed by atoms with Crippen molar-refractivity contribution in [3.05, 3.63) is 33.8 Å². The van der Waals surface area contributed by atoms with Crippen molar-refractivity contribution in [2.45, 2.75) is 38.7 Å². The largest absolute Gasteiger partial charge is 0.385 e. The highest BCUT2D eigenvalue weighted by Gasteiger charge is 2.53. The Morgan fingerprint density at radius 2 is 2.27 bits per heavy atom. The topological polar surface area (TPSA) is 20.2 Å². The molecular weight excluding hydrogens is 252 g/mol. The molecule has 0 aromatic heterocycles. The van der Waals surface area contributed by atoms with Gasteiger partial charge in [-0.15, -0.1) is 0 Å². The normalized spacial score (nSPS) is 29.2. The average molecular weight is 269 g/mol. The first-order valence-electron chi connectivity index (χ1n) is 5.57. The van der Waals surface area contributed by atoms with Crippen molar-refractivity contribution in [3.8, 4) is 0 Å². The predicted octanol–water partition coefficient (Wildman–Crippen LogP) is 3.77. The number of benzene rings is 1. The van der Waals surface area contributed by atoms with E-state index in [2.05, 4.69) is 35.8 Å². The zero-order valence-corrected chi connectivity index (χ0v) is 10.8. The van der Waals surface area contributed by atoms with E-state index in [1.807, 2.05) is 12.1 Å². The van der Waals surface area contributed by atoms with Crippen molar-refractivity contribution >= 4 is 15.9 Å². The standard InChI is InChI=1S/C13H17BrO/c1-3-5-10-8-13(10,15)11-6-4-7-12(14)9(11)2/h4,6-7,10,15H,3,5,8H2,1-2H3. The van der Waals surface area contributed by atoms with Crippen molar-refractivity contribution in [2.75, 3.05) is 0 Å². The van der Waals surface area contributed by atoms with Crippen LogP contribution >= 0.6 is 15.9 Å². The van der Waals surface area contributed by atoms with E-state index in [-0.39, 0.29) is 0 Å². The fourth-order valence-electron chi connectivity index (χ4n) is 2.41. The number of hydrogen-bond acceptors (Lipinski definition) is 1. The Hall–Kier alpha value is -0.340. The molecule has 2 heteroatoms. The molecule has 0 heterocycles. The molecule has 0 bridgehead atoms. The van der Waals surface area contributed by atoms with Crippen LogP contribution in [0.2, 0.25) is 0 Å². The van der Waals surface area contributed by atoms with E-state index in [4.69, 9.17) is 0 Å². The van der Waals surface area contributed by atoms with E-state index in [1.165, 1.54) is 5.56 Å². The van der Waals surface area contributed by atoms with Gasteiger partial charge in [0.2, 0.25) is 0 Å². The Morgan fingerprint density at radius 1 is 1.53 bits per heavy atom. The molecule has 0 amide bonds. The molecule has 2 atom stereocenters. The Bertz CT molecular complexity index is 375. The van der Waals surface area contributed by atoms with E-state index < -0.39 is 5.60 Å². The molecule has 82 valence electrons. The van der Waals surface area contributed by atoms with Gasteiger partial charge in [-0.2, -0.15) is 0 Å². The third-order valence-corrected chi connectivity index (χ3v) is 4.30. The molecule has 1 aromatic rings. The van der Waals surface area contributed by atoms with Crippen molar-refractivity contribution in [2.24, 2.45) is 5.92 Å². The number of halogens is 1. The van der Waals surface area contributed by atoms with Crippen LogP contribution in [-0.4, -0.2) is 5.11 Å². The van der Waals surface area contributed by atoms with Crippen LogP contribution in [-0.2, 0) is 5.60 Å². The van der Waals surface area contributed by atoms with Crippen LogP contribution in [0.5, 0.6) is 0 Å². The molecule has 1 N–H and O–H groups in total. The lowest BCUT2D eigenvalue weighted by atomic mass is 9.99. The smallest absolute Gasteiger partial charge is 0.0932 e. The summed E-state index contributed by atoms with van der Waals surface area (Å²) in [5, 5.41) is 10.5. The van der Waals surface area contributed by atoms with Crippen LogP contribution in [0.3, 0.4) is 0 Å². The first-order chi connectivity index (χ1) is 7.09. The number of rotatable bonds is 3. The molecule has 0 radical (unpaired) electrons. The van der Waals surface area contributed by atoms with Crippen LogP contribution in [0.1, 0.15) is 37.3 Å². The summed E-state index contributed by atoms with van der Waals surface area (Å²) in [5.41, 5.74) is 1.75. The summed E-state index contributed by atoms with van der Waals surface area (Å²) < 4.78 is 1.09. The van der Waals surface area contributed by atoms with Gasteiger partial charge in [-0.1, -0.05) is 41.4 Å². The SMILES string of the molecule is CCCC1CC1(O)c1cccc(Br)c1C. The van der Waals surface area contributed by atoms with Gasteiger partial charge < -0.3 is 5.11 Å². The minimum absolute atomic E-state index is 0.468. The summed E-state index contributed by atoms with van der Waals surface area (Å²) in [6, 6.07) is 6.08. The highest BCUT2D eigenvalue weighted by Crippen LogP contribution is 2.55. The average Bonchev–Trinajstić information content (AvgIpc) is 2.83. The predicted molar refractivity (Wildman–Crippen MR) is 65.8 cm³/mol. The van der Waals surface area contributed by atoms with E-state index >= 15 is 0 Å². The van der Waals surface area contributed by atoms with Gasteiger partial charge in [0.05, 0.1) is 5.60 Å². The molecule has 1 aliphatic carbocycles. The summed E-state index contributed by atoms with van der Waals surface area (Å²) >= 11 is 3.51. The Kier molecular flexibility index (Phi) is 2.91. The summed E-state index contributed by atoms with van der Waals surface area (Å²) in [4.78, 5) is 0. The summed E-state index contributed by atoms with van der Waals surface area (Å²) in [6.07, 6.45) is 3.21. The molecule has 1 nitrogen and oxygen atoms in total. The minimum atomic E-state index is -0.538.